The number of anilines is 1. The summed E-state index contributed by atoms with van der Waals surface area (Å²) in [7, 11) is 1.69. The van der Waals surface area contributed by atoms with Crippen molar-refractivity contribution in [3.05, 3.63) is 12.3 Å². The molecule has 0 spiro atoms. The van der Waals surface area contributed by atoms with Gasteiger partial charge in [-0.3, -0.25) is 5.10 Å². The maximum absolute atomic E-state index is 4.96. The molecule has 11 heavy (non-hydrogen) atoms. The molecule has 0 radical (unpaired) electrons. The fraction of sp³-hybridized carbons (Fsp3) is 0.571. The number of H-pyrrole nitrogens is 1. The molecule has 1 aromatic heterocycles. The van der Waals surface area contributed by atoms with Gasteiger partial charge in [0, 0.05) is 13.2 Å². The maximum Gasteiger partial charge on any atom is 0.121 e. The Morgan fingerprint density at radius 2 is 2.64 bits per heavy atom. The van der Waals surface area contributed by atoms with Crippen LogP contribution in [0, 0.1) is 0 Å². The van der Waals surface area contributed by atoms with Crippen LogP contribution in [0.3, 0.4) is 0 Å². The van der Waals surface area contributed by atoms with Crippen LogP contribution in [0.1, 0.15) is 6.92 Å². The molecule has 0 saturated heterocycles. The van der Waals surface area contributed by atoms with E-state index in [2.05, 4.69) is 15.5 Å². The van der Waals surface area contributed by atoms with Crippen LogP contribution in [0.5, 0.6) is 0 Å². The van der Waals surface area contributed by atoms with Crippen LogP contribution in [0.4, 0.5) is 5.82 Å². The standard InChI is InChI=1S/C7H13N3O/c1-6(5-11-2)9-7-3-4-8-10-7/h3-4,6H,5H2,1-2H3,(H2,8,9,10). The van der Waals surface area contributed by atoms with E-state index in [-0.39, 0.29) is 0 Å². The highest BCUT2D eigenvalue weighted by molar-refractivity contribution is 5.32. The summed E-state index contributed by atoms with van der Waals surface area (Å²) in [6.07, 6.45) is 1.71. The Morgan fingerprint density at radius 3 is 3.18 bits per heavy atom. The highest BCUT2D eigenvalue weighted by Gasteiger charge is 2.00. The molecule has 0 saturated carbocycles. The number of rotatable bonds is 4. The highest BCUT2D eigenvalue weighted by atomic mass is 16.5. The molecule has 0 aliphatic rings. The van der Waals surface area contributed by atoms with Crippen molar-refractivity contribution in [2.24, 2.45) is 0 Å². The molecular weight excluding hydrogens is 142 g/mol. The number of nitrogens with zero attached hydrogens (tertiary/aromatic N) is 1. The lowest BCUT2D eigenvalue weighted by molar-refractivity contribution is 0.190. The van der Waals surface area contributed by atoms with Gasteiger partial charge < -0.3 is 10.1 Å². The number of methoxy groups -OCH3 is 1. The van der Waals surface area contributed by atoms with Crippen LogP contribution in [-0.2, 0) is 4.74 Å². The summed E-state index contributed by atoms with van der Waals surface area (Å²) >= 11 is 0. The zero-order valence-corrected chi connectivity index (χ0v) is 6.79. The van der Waals surface area contributed by atoms with Gasteiger partial charge in [-0.1, -0.05) is 0 Å². The van der Waals surface area contributed by atoms with Crippen LogP contribution in [0.15, 0.2) is 12.3 Å². The summed E-state index contributed by atoms with van der Waals surface area (Å²) in [5.41, 5.74) is 0. The molecule has 1 atom stereocenters. The number of ether oxygens (including phenoxy) is 1. The van der Waals surface area contributed by atoms with Gasteiger partial charge in [-0.25, -0.2) is 0 Å². The van der Waals surface area contributed by atoms with E-state index < -0.39 is 0 Å². The van der Waals surface area contributed by atoms with Gasteiger partial charge in [0.15, 0.2) is 0 Å². The monoisotopic (exact) mass is 155 g/mol. The van der Waals surface area contributed by atoms with Crippen molar-refractivity contribution in [2.45, 2.75) is 13.0 Å². The zero-order chi connectivity index (χ0) is 8.10. The summed E-state index contributed by atoms with van der Waals surface area (Å²) in [5.74, 6) is 0.926. The van der Waals surface area contributed by atoms with Crippen LogP contribution in [-0.4, -0.2) is 30.0 Å². The Balaban J connectivity index is 2.31. The number of aromatic nitrogens is 2. The molecule has 1 heterocycles. The Bertz CT molecular complexity index is 186. The van der Waals surface area contributed by atoms with E-state index in [0.29, 0.717) is 12.6 Å². The first kappa shape index (κ1) is 8.07. The highest BCUT2D eigenvalue weighted by Crippen LogP contribution is 2.00. The van der Waals surface area contributed by atoms with Gasteiger partial charge >= 0.3 is 0 Å². The third-order valence-corrected chi connectivity index (χ3v) is 1.32. The van der Waals surface area contributed by atoms with Gasteiger partial charge in [-0.2, -0.15) is 5.10 Å². The summed E-state index contributed by atoms with van der Waals surface area (Å²) in [6.45, 7) is 2.74. The molecule has 2 N–H and O–H groups in total. The van der Waals surface area contributed by atoms with Crippen LogP contribution >= 0.6 is 0 Å². The quantitative estimate of drug-likeness (QED) is 0.678. The van der Waals surface area contributed by atoms with E-state index in [1.165, 1.54) is 0 Å². The Hall–Kier alpha value is -1.03. The van der Waals surface area contributed by atoms with Crippen LogP contribution in [0.25, 0.3) is 0 Å². The second-order valence-electron chi connectivity index (χ2n) is 2.47. The number of aromatic amines is 1. The topological polar surface area (TPSA) is 49.9 Å². The van der Waals surface area contributed by atoms with Crippen molar-refractivity contribution >= 4 is 5.82 Å². The van der Waals surface area contributed by atoms with E-state index in [9.17, 15) is 0 Å². The predicted octanol–water partition coefficient (Wildman–Crippen LogP) is 0.856. The van der Waals surface area contributed by atoms with E-state index in [0.717, 1.165) is 5.82 Å². The minimum Gasteiger partial charge on any atom is -0.383 e. The first-order valence-corrected chi connectivity index (χ1v) is 3.58. The molecule has 1 aromatic rings. The van der Waals surface area contributed by atoms with Gasteiger partial charge in [-0.15, -0.1) is 0 Å². The van der Waals surface area contributed by atoms with Gasteiger partial charge in [-0.05, 0) is 13.0 Å². The molecule has 0 aliphatic carbocycles. The molecule has 4 heteroatoms. The molecule has 0 amide bonds. The Labute approximate surface area is 66.0 Å². The molecule has 4 nitrogen and oxygen atoms in total. The lowest BCUT2D eigenvalue weighted by Gasteiger charge is -2.11. The fourth-order valence-electron chi connectivity index (χ4n) is 0.893. The average molecular weight is 155 g/mol. The number of hydrogen-bond donors (Lipinski definition) is 2. The molecule has 1 rings (SSSR count). The molecule has 62 valence electrons. The maximum atomic E-state index is 4.96. The minimum absolute atomic E-state index is 0.306. The van der Waals surface area contributed by atoms with Crippen LogP contribution in [0.2, 0.25) is 0 Å². The first-order valence-electron chi connectivity index (χ1n) is 3.58. The number of hydrogen-bond acceptors (Lipinski definition) is 3. The van der Waals surface area contributed by atoms with E-state index in [4.69, 9.17) is 4.74 Å². The minimum atomic E-state index is 0.306. The van der Waals surface area contributed by atoms with Gasteiger partial charge in [0.25, 0.3) is 0 Å². The predicted molar refractivity (Wildman–Crippen MR) is 43.5 cm³/mol. The Kier molecular flexibility index (Phi) is 2.92. The summed E-state index contributed by atoms with van der Waals surface area (Å²) in [6, 6.07) is 2.19. The fourth-order valence-corrected chi connectivity index (χ4v) is 0.893. The lowest BCUT2D eigenvalue weighted by atomic mass is 10.3. The number of nitrogens with one attached hydrogen (secondary N) is 2. The van der Waals surface area contributed by atoms with Gasteiger partial charge in [0.2, 0.25) is 0 Å². The molecular formula is C7H13N3O. The zero-order valence-electron chi connectivity index (χ0n) is 6.79. The van der Waals surface area contributed by atoms with Crippen molar-refractivity contribution in [1.82, 2.24) is 10.2 Å². The van der Waals surface area contributed by atoms with Crippen LogP contribution < -0.4 is 5.32 Å². The molecule has 0 bridgehead atoms. The van der Waals surface area contributed by atoms with Gasteiger partial charge in [0.1, 0.15) is 5.82 Å². The largest absolute Gasteiger partial charge is 0.383 e. The molecule has 0 aliphatic heterocycles. The van der Waals surface area contributed by atoms with Gasteiger partial charge in [0.05, 0.1) is 12.8 Å². The normalized spacial score (nSPS) is 12.9. The van der Waals surface area contributed by atoms with Crippen molar-refractivity contribution in [1.29, 1.82) is 0 Å². The van der Waals surface area contributed by atoms with E-state index in [1.807, 2.05) is 13.0 Å². The lowest BCUT2D eigenvalue weighted by Crippen LogP contribution is -2.20. The van der Waals surface area contributed by atoms with Crippen molar-refractivity contribution in [2.75, 3.05) is 19.0 Å². The summed E-state index contributed by atoms with van der Waals surface area (Å²) in [4.78, 5) is 0. The van der Waals surface area contributed by atoms with E-state index in [1.54, 1.807) is 13.3 Å². The SMILES string of the molecule is COCC(C)Nc1ccn[nH]1. The molecule has 1 unspecified atom stereocenters. The van der Waals surface area contributed by atoms with Crippen molar-refractivity contribution in [3.63, 3.8) is 0 Å². The smallest absolute Gasteiger partial charge is 0.121 e. The Morgan fingerprint density at radius 1 is 1.82 bits per heavy atom. The third kappa shape index (κ3) is 2.59. The second kappa shape index (κ2) is 3.98. The summed E-state index contributed by atoms with van der Waals surface area (Å²) in [5, 5.41) is 9.80. The van der Waals surface area contributed by atoms with Crippen molar-refractivity contribution in [3.8, 4) is 0 Å². The van der Waals surface area contributed by atoms with Crippen molar-refractivity contribution < 1.29 is 4.74 Å². The first-order chi connectivity index (χ1) is 5.33. The average Bonchev–Trinajstić information content (AvgIpc) is 2.40. The summed E-state index contributed by atoms with van der Waals surface area (Å²) < 4.78 is 4.96. The van der Waals surface area contributed by atoms with E-state index >= 15 is 0 Å². The molecule has 0 fully saturated rings. The third-order valence-electron chi connectivity index (χ3n) is 1.32. The second-order valence-corrected chi connectivity index (χ2v) is 2.47. The molecule has 0 aromatic carbocycles.